The SMILES string of the molecule is O=C(O)CNC(=O)c1c(O)c(C(=O)NC2CC2)c(O)n(Cc2ccccc2Cl)c1=O. The van der Waals surface area contributed by atoms with Crippen molar-refractivity contribution < 1.29 is 29.7 Å². The van der Waals surface area contributed by atoms with Crippen LogP contribution in [0.5, 0.6) is 11.6 Å². The van der Waals surface area contributed by atoms with Gasteiger partial charge in [-0.05, 0) is 24.5 Å². The Morgan fingerprint density at radius 1 is 1.10 bits per heavy atom. The van der Waals surface area contributed by atoms with E-state index in [2.05, 4.69) is 5.32 Å². The Bertz CT molecular complexity index is 1090. The second-order valence-electron chi connectivity index (χ2n) is 6.73. The van der Waals surface area contributed by atoms with Gasteiger partial charge in [0.2, 0.25) is 5.88 Å². The summed E-state index contributed by atoms with van der Waals surface area (Å²) in [4.78, 5) is 48.6. The smallest absolute Gasteiger partial charge is 0.322 e. The molecule has 30 heavy (non-hydrogen) atoms. The van der Waals surface area contributed by atoms with Gasteiger partial charge in [-0.15, -0.1) is 0 Å². The number of halogens is 1. The summed E-state index contributed by atoms with van der Waals surface area (Å²) in [5.74, 6) is -5.31. The number of aromatic nitrogens is 1. The van der Waals surface area contributed by atoms with E-state index in [-0.39, 0.29) is 17.6 Å². The first-order chi connectivity index (χ1) is 14.2. The fourth-order valence-electron chi connectivity index (χ4n) is 2.79. The van der Waals surface area contributed by atoms with Gasteiger partial charge < -0.3 is 26.0 Å². The highest BCUT2D eigenvalue weighted by atomic mass is 35.5. The minimum atomic E-state index is -1.37. The molecule has 10 nitrogen and oxygen atoms in total. The number of nitrogens with zero attached hydrogens (tertiary/aromatic N) is 1. The van der Waals surface area contributed by atoms with E-state index in [1.807, 2.05) is 5.32 Å². The predicted octanol–water partition coefficient (Wildman–Crippen LogP) is 0.668. The molecule has 1 saturated carbocycles. The number of hydrogen-bond acceptors (Lipinski definition) is 6. The van der Waals surface area contributed by atoms with E-state index in [0.717, 1.165) is 17.4 Å². The van der Waals surface area contributed by atoms with Gasteiger partial charge in [-0.3, -0.25) is 23.7 Å². The quantitative estimate of drug-likeness (QED) is 0.427. The average Bonchev–Trinajstić information content (AvgIpc) is 3.48. The summed E-state index contributed by atoms with van der Waals surface area (Å²) in [5.41, 5.74) is -2.22. The monoisotopic (exact) mass is 435 g/mol. The van der Waals surface area contributed by atoms with Crippen LogP contribution < -0.4 is 16.2 Å². The lowest BCUT2D eigenvalue weighted by Crippen LogP contribution is -2.37. The van der Waals surface area contributed by atoms with E-state index in [9.17, 15) is 29.4 Å². The number of carboxylic acids is 1. The number of pyridine rings is 1. The number of aromatic hydroxyl groups is 2. The molecule has 2 aromatic rings. The Morgan fingerprint density at radius 3 is 2.37 bits per heavy atom. The fraction of sp³-hybridized carbons (Fsp3) is 0.263. The Kier molecular flexibility index (Phi) is 5.97. The molecule has 2 amide bonds. The van der Waals surface area contributed by atoms with Crippen LogP contribution in [-0.4, -0.2) is 50.3 Å². The first-order valence-corrected chi connectivity index (χ1v) is 9.31. The van der Waals surface area contributed by atoms with Gasteiger partial charge in [-0.1, -0.05) is 29.8 Å². The summed E-state index contributed by atoms with van der Waals surface area (Å²) in [7, 11) is 0. The number of nitrogens with one attached hydrogen (secondary N) is 2. The van der Waals surface area contributed by atoms with Crippen molar-refractivity contribution in [2.45, 2.75) is 25.4 Å². The second-order valence-corrected chi connectivity index (χ2v) is 7.14. The van der Waals surface area contributed by atoms with Crippen molar-refractivity contribution in [1.29, 1.82) is 0 Å². The molecule has 11 heteroatoms. The van der Waals surface area contributed by atoms with Crippen LogP contribution in [0.1, 0.15) is 39.1 Å². The second kappa shape index (κ2) is 8.46. The van der Waals surface area contributed by atoms with Crippen LogP contribution in [0.4, 0.5) is 0 Å². The molecule has 0 atom stereocenters. The maximum absolute atomic E-state index is 12.9. The zero-order valence-corrected chi connectivity index (χ0v) is 16.3. The van der Waals surface area contributed by atoms with E-state index in [1.54, 1.807) is 24.3 Å². The van der Waals surface area contributed by atoms with Crippen molar-refractivity contribution in [3.05, 3.63) is 56.3 Å². The number of rotatable bonds is 7. The number of carbonyl (C=O) groups is 3. The van der Waals surface area contributed by atoms with E-state index < -0.39 is 52.6 Å². The topological polar surface area (TPSA) is 158 Å². The van der Waals surface area contributed by atoms with Gasteiger partial charge in [0.15, 0.2) is 5.75 Å². The molecule has 0 unspecified atom stereocenters. The van der Waals surface area contributed by atoms with Crippen LogP contribution in [0, 0.1) is 0 Å². The van der Waals surface area contributed by atoms with Crippen molar-refractivity contribution in [3.63, 3.8) is 0 Å². The van der Waals surface area contributed by atoms with E-state index in [0.29, 0.717) is 5.56 Å². The van der Waals surface area contributed by atoms with Crippen LogP contribution in [0.2, 0.25) is 5.02 Å². The number of carbonyl (C=O) groups excluding carboxylic acids is 2. The molecule has 5 N–H and O–H groups in total. The molecule has 1 aromatic heterocycles. The third-order valence-corrected chi connectivity index (χ3v) is 4.83. The number of hydrogen-bond donors (Lipinski definition) is 5. The number of carboxylic acid groups (broad SMARTS) is 1. The Balaban J connectivity index is 2.14. The minimum absolute atomic E-state index is 0.135. The van der Waals surface area contributed by atoms with Gasteiger partial charge >= 0.3 is 5.97 Å². The number of aliphatic carboxylic acids is 1. The van der Waals surface area contributed by atoms with E-state index >= 15 is 0 Å². The molecule has 1 heterocycles. The highest BCUT2D eigenvalue weighted by molar-refractivity contribution is 6.31. The molecule has 1 aromatic carbocycles. The average molecular weight is 436 g/mol. The summed E-state index contributed by atoms with van der Waals surface area (Å²) in [5, 5.41) is 34.6. The largest absolute Gasteiger partial charge is 0.506 e. The van der Waals surface area contributed by atoms with Gasteiger partial charge in [0.05, 0.1) is 6.54 Å². The highest BCUT2D eigenvalue weighted by Crippen LogP contribution is 2.31. The fourth-order valence-corrected chi connectivity index (χ4v) is 2.98. The summed E-state index contributed by atoms with van der Waals surface area (Å²) in [6, 6.07) is 6.30. The zero-order valence-electron chi connectivity index (χ0n) is 15.5. The van der Waals surface area contributed by atoms with Crippen molar-refractivity contribution in [2.75, 3.05) is 6.54 Å². The van der Waals surface area contributed by atoms with Gasteiger partial charge in [-0.2, -0.15) is 0 Å². The lowest BCUT2D eigenvalue weighted by atomic mass is 10.1. The summed E-state index contributed by atoms with van der Waals surface area (Å²) in [6.45, 7) is -1.11. The maximum atomic E-state index is 12.9. The molecule has 0 aliphatic heterocycles. The first-order valence-electron chi connectivity index (χ1n) is 8.93. The molecule has 0 spiro atoms. The van der Waals surface area contributed by atoms with Gasteiger partial charge in [-0.25, -0.2) is 0 Å². The highest BCUT2D eigenvalue weighted by Gasteiger charge is 2.32. The predicted molar refractivity (Wildman–Crippen MR) is 105 cm³/mol. The minimum Gasteiger partial charge on any atom is -0.506 e. The van der Waals surface area contributed by atoms with Crippen molar-refractivity contribution in [1.82, 2.24) is 15.2 Å². The third-order valence-electron chi connectivity index (χ3n) is 4.47. The van der Waals surface area contributed by atoms with Crippen LogP contribution in [0.25, 0.3) is 0 Å². The lowest BCUT2D eigenvalue weighted by Gasteiger charge is -2.17. The summed E-state index contributed by atoms with van der Waals surface area (Å²) in [6.07, 6.45) is 1.44. The molecule has 0 saturated heterocycles. The van der Waals surface area contributed by atoms with E-state index in [1.165, 1.54) is 0 Å². The van der Waals surface area contributed by atoms with Crippen LogP contribution in [0.15, 0.2) is 29.1 Å². The molecule has 3 rings (SSSR count). The van der Waals surface area contributed by atoms with Crippen molar-refractivity contribution in [3.8, 4) is 11.6 Å². The molecule has 0 radical (unpaired) electrons. The van der Waals surface area contributed by atoms with Gasteiger partial charge in [0.25, 0.3) is 17.4 Å². The third kappa shape index (κ3) is 4.38. The summed E-state index contributed by atoms with van der Waals surface area (Å²) < 4.78 is 0.721. The molecular weight excluding hydrogens is 418 g/mol. The molecule has 1 aliphatic rings. The van der Waals surface area contributed by atoms with Crippen LogP contribution in [-0.2, 0) is 11.3 Å². The summed E-state index contributed by atoms with van der Waals surface area (Å²) >= 11 is 6.11. The normalized spacial score (nSPS) is 13.0. The van der Waals surface area contributed by atoms with E-state index in [4.69, 9.17) is 16.7 Å². The Morgan fingerprint density at radius 2 is 1.77 bits per heavy atom. The number of amides is 2. The first kappa shape index (κ1) is 21.2. The zero-order chi connectivity index (χ0) is 22.0. The van der Waals surface area contributed by atoms with Gasteiger partial charge in [0.1, 0.15) is 17.7 Å². The molecule has 1 fully saturated rings. The lowest BCUT2D eigenvalue weighted by molar-refractivity contribution is -0.135. The van der Waals surface area contributed by atoms with Crippen LogP contribution in [0.3, 0.4) is 0 Å². The molecule has 158 valence electrons. The van der Waals surface area contributed by atoms with Crippen molar-refractivity contribution >= 4 is 29.4 Å². The molecule has 1 aliphatic carbocycles. The standard InChI is InChI=1S/C19H18ClN3O7/c20-11-4-2-1-3-9(11)8-23-18(29)13(16(27)21-7-12(24)25)15(26)14(19(23)30)17(28)22-10-5-6-10/h1-4,10,26,30H,5-8H2,(H,21,27)(H,22,28)(H,24,25). The maximum Gasteiger partial charge on any atom is 0.322 e. The molecule has 0 bridgehead atoms. The number of benzene rings is 1. The van der Waals surface area contributed by atoms with Crippen molar-refractivity contribution in [2.24, 2.45) is 0 Å². The van der Waals surface area contributed by atoms with Crippen LogP contribution >= 0.6 is 11.6 Å². The Labute approximate surface area is 174 Å². The Hall–Kier alpha value is -3.53. The molecular formula is C19H18ClN3O7. The van der Waals surface area contributed by atoms with Gasteiger partial charge in [0, 0.05) is 11.1 Å².